The minimum atomic E-state index is -1.13. The Labute approximate surface area is 172 Å². The molecule has 9 heteroatoms. The van der Waals surface area contributed by atoms with E-state index in [0.717, 1.165) is 4.90 Å². The summed E-state index contributed by atoms with van der Waals surface area (Å²) in [7, 11) is 4.01. The first-order chi connectivity index (χ1) is 14.3. The fourth-order valence-corrected chi connectivity index (χ4v) is 3.18. The molecule has 3 amide bonds. The third kappa shape index (κ3) is 3.45. The molecule has 1 N–H and O–H groups in total. The number of carbonyl (C=O) groups is 4. The van der Waals surface area contributed by atoms with E-state index in [1.54, 1.807) is 12.1 Å². The van der Waals surface area contributed by atoms with Gasteiger partial charge in [-0.2, -0.15) is 0 Å². The van der Waals surface area contributed by atoms with Crippen LogP contribution in [0.2, 0.25) is 0 Å². The van der Waals surface area contributed by atoms with Crippen LogP contribution in [0.1, 0.15) is 38.0 Å². The number of fused-ring (bicyclic) bond motifs is 1. The van der Waals surface area contributed by atoms with E-state index < -0.39 is 29.7 Å². The molecule has 0 saturated heterocycles. The Morgan fingerprint density at radius 2 is 1.47 bits per heavy atom. The van der Waals surface area contributed by atoms with Crippen molar-refractivity contribution >= 4 is 29.4 Å². The summed E-state index contributed by atoms with van der Waals surface area (Å²) in [5, 5.41) is 2.57. The average Bonchev–Trinajstić information content (AvgIpc) is 3.02. The van der Waals surface area contributed by atoms with Crippen molar-refractivity contribution < 1.29 is 33.4 Å². The van der Waals surface area contributed by atoms with Gasteiger partial charge in [-0.25, -0.2) is 4.79 Å². The smallest absolute Gasteiger partial charge is 0.340 e. The third-order valence-electron chi connectivity index (χ3n) is 4.78. The molecule has 0 aromatic heterocycles. The van der Waals surface area contributed by atoms with Crippen molar-refractivity contribution in [2.75, 3.05) is 26.6 Å². The van der Waals surface area contributed by atoms with Gasteiger partial charge in [0.25, 0.3) is 11.8 Å². The minimum absolute atomic E-state index is 0.0260. The largest absolute Gasteiger partial charge is 0.493 e. The molecule has 0 aliphatic carbocycles. The first kappa shape index (κ1) is 20.8. The van der Waals surface area contributed by atoms with Gasteiger partial charge in [0, 0.05) is 12.1 Å². The molecule has 0 bridgehead atoms. The zero-order valence-corrected chi connectivity index (χ0v) is 16.8. The first-order valence-electron chi connectivity index (χ1n) is 8.96. The van der Waals surface area contributed by atoms with E-state index in [1.807, 2.05) is 0 Å². The summed E-state index contributed by atoms with van der Waals surface area (Å²) in [6.07, 6.45) is 0. The van der Waals surface area contributed by atoms with Gasteiger partial charge in [0.1, 0.15) is 6.04 Å². The number of anilines is 1. The number of hydrogen-bond acceptors (Lipinski definition) is 7. The summed E-state index contributed by atoms with van der Waals surface area (Å²) in [4.78, 5) is 51.2. The molecule has 0 radical (unpaired) electrons. The highest BCUT2D eigenvalue weighted by Gasteiger charge is 2.40. The molecular weight excluding hydrogens is 392 g/mol. The van der Waals surface area contributed by atoms with Crippen LogP contribution in [0.5, 0.6) is 11.5 Å². The lowest BCUT2D eigenvalue weighted by Crippen LogP contribution is -2.45. The zero-order valence-electron chi connectivity index (χ0n) is 16.8. The summed E-state index contributed by atoms with van der Waals surface area (Å²) >= 11 is 0. The Morgan fingerprint density at radius 1 is 0.933 bits per heavy atom. The van der Waals surface area contributed by atoms with Crippen LogP contribution in [0, 0.1) is 0 Å². The highest BCUT2D eigenvalue weighted by Crippen LogP contribution is 2.34. The van der Waals surface area contributed by atoms with Crippen molar-refractivity contribution in [1.82, 2.24) is 4.90 Å². The van der Waals surface area contributed by atoms with Gasteiger partial charge in [0.15, 0.2) is 11.5 Å². The van der Waals surface area contributed by atoms with E-state index >= 15 is 0 Å². The van der Waals surface area contributed by atoms with Gasteiger partial charge in [0.05, 0.1) is 43.7 Å². The lowest BCUT2D eigenvalue weighted by atomic mass is 10.1. The van der Waals surface area contributed by atoms with Gasteiger partial charge in [-0.15, -0.1) is 0 Å². The van der Waals surface area contributed by atoms with Crippen molar-refractivity contribution in [3.63, 3.8) is 0 Å². The van der Waals surface area contributed by atoms with Crippen molar-refractivity contribution in [2.24, 2.45) is 0 Å². The fourth-order valence-electron chi connectivity index (χ4n) is 3.18. The standard InChI is InChI=1S/C21H20N2O7/c1-11(23-19(25)12-7-5-6-8-13(12)20(23)26)18(24)22-15-10-17(29-3)16(28-2)9-14(15)21(27)30-4/h5-11H,1-4H3,(H,22,24)/t11-/m0/s1. The predicted molar refractivity (Wildman–Crippen MR) is 106 cm³/mol. The zero-order chi connectivity index (χ0) is 22.0. The Morgan fingerprint density at radius 3 is 1.97 bits per heavy atom. The van der Waals surface area contributed by atoms with Crippen LogP contribution < -0.4 is 14.8 Å². The molecule has 0 spiro atoms. The number of nitrogens with one attached hydrogen (secondary N) is 1. The SMILES string of the molecule is COC(=O)c1cc(OC)c(OC)cc1NC(=O)[C@H](C)N1C(=O)c2ccccc2C1=O. The normalized spacial score (nSPS) is 13.5. The summed E-state index contributed by atoms with van der Waals surface area (Å²) in [6, 6.07) is 7.99. The molecule has 2 aromatic rings. The molecule has 1 heterocycles. The third-order valence-corrected chi connectivity index (χ3v) is 4.78. The van der Waals surface area contributed by atoms with Crippen molar-refractivity contribution in [3.8, 4) is 11.5 Å². The quantitative estimate of drug-likeness (QED) is 0.571. The van der Waals surface area contributed by atoms with E-state index in [9.17, 15) is 19.2 Å². The maximum Gasteiger partial charge on any atom is 0.340 e. The predicted octanol–water partition coefficient (Wildman–Crippen LogP) is 2.11. The average molecular weight is 412 g/mol. The van der Waals surface area contributed by atoms with Gasteiger partial charge in [-0.3, -0.25) is 19.3 Å². The monoisotopic (exact) mass is 412 g/mol. The minimum Gasteiger partial charge on any atom is -0.493 e. The van der Waals surface area contributed by atoms with Crippen LogP contribution in [0.25, 0.3) is 0 Å². The Bertz CT molecular complexity index is 1010. The Hall–Kier alpha value is -3.88. The van der Waals surface area contributed by atoms with Gasteiger partial charge in [0.2, 0.25) is 5.91 Å². The van der Waals surface area contributed by atoms with Gasteiger partial charge in [-0.1, -0.05) is 12.1 Å². The number of ether oxygens (including phenoxy) is 3. The molecule has 1 aliphatic rings. The lowest BCUT2D eigenvalue weighted by Gasteiger charge is -2.22. The molecule has 2 aromatic carbocycles. The number of benzene rings is 2. The molecule has 0 saturated carbocycles. The van der Waals surface area contributed by atoms with Gasteiger partial charge >= 0.3 is 5.97 Å². The number of hydrogen-bond donors (Lipinski definition) is 1. The van der Waals surface area contributed by atoms with Crippen LogP contribution in [-0.2, 0) is 9.53 Å². The number of amides is 3. The molecule has 0 fully saturated rings. The molecule has 1 aliphatic heterocycles. The second-order valence-corrected chi connectivity index (χ2v) is 6.44. The summed E-state index contributed by atoms with van der Waals surface area (Å²) < 4.78 is 15.2. The van der Waals surface area contributed by atoms with Crippen molar-refractivity contribution in [3.05, 3.63) is 53.1 Å². The van der Waals surface area contributed by atoms with Crippen LogP contribution in [0.3, 0.4) is 0 Å². The second-order valence-electron chi connectivity index (χ2n) is 6.44. The molecular formula is C21H20N2O7. The summed E-state index contributed by atoms with van der Waals surface area (Å²) in [6.45, 7) is 1.43. The van der Waals surface area contributed by atoms with E-state index in [0.29, 0.717) is 0 Å². The maximum atomic E-state index is 12.9. The van der Waals surface area contributed by atoms with Crippen LogP contribution in [0.4, 0.5) is 5.69 Å². The second kappa shape index (κ2) is 8.24. The van der Waals surface area contributed by atoms with Crippen molar-refractivity contribution in [2.45, 2.75) is 13.0 Å². The molecule has 30 heavy (non-hydrogen) atoms. The topological polar surface area (TPSA) is 111 Å². The highest BCUT2D eigenvalue weighted by molar-refractivity contribution is 6.23. The van der Waals surface area contributed by atoms with E-state index in [2.05, 4.69) is 5.32 Å². The van der Waals surface area contributed by atoms with Gasteiger partial charge in [-0.05, 0) is 19.1 Å². The highest BCUT2D eigenvalue weighted by atomic mass is 16.5. The summed E-state index contributed by atoms with van der Waals surface area (Å²) in [5.41, 5.74) is 0.595. The summed E-state index contributed by atoms with van der Waals surface area (Å²) in [5.74, 6) is -1.95. The number of carbonyl (C=O) groups excluding carboxylic acids is 4. The molecule has 0 unspecified atom stereocenters. The molecule has 156 valence electrons. The number of imide groups is 1. The maximum absolute atomic E-state index is 12.9. The Balaban J connectivity index is 1.91. The molecule has 3 rings (SSSR count). The fraction of sp³-hybridized carbons (Fsp3) is 0.238. The van der Waals surface area contributed by atoms with Crippen LogP contribution >= 0.6 is 0 Å². The Kier molecular flexibility index (Phi) is 5.72. The number of esters is 1. The number of methoxy groups -OCH3 is 3. The van der Waals surface area contributed by atoms with E-state index in [4.69, 9.17) is 14.2 Å². The molecule has 1 atom stereocenters. The van der Waals surface area contributed by atoms with Crippen molar-refractivity contribution in [1.29, 1.82) is 0 Å². The van der Waals surface area contributed by atoms with Crippen LogP contribution in [-0.4, -0.2) is 56.0 Å². The van der Waals surface area contributed by atoms with E-state index in [-0.39, 0.29) is 33.9 Å². The lowest BCUT2D eigenvalue weighted by molar-refractivity contribution is -0.119. The van der Waals surface area contributed by atoms with Crippen LogP contribution in [0.15, 0.2) is 36.4 Å². The number of rotatable bonds is 6. The first-order valence-corrected chi connectivity index (χ1v) is 8.96. The van der Waals surface area contributed by atoms with Gasteiger partial charge < -0.3 is 19.5 Å². The number of nitrogens with zero attached hydrogens (tertiary/aromatic N) is 1. The molecule has 9 nitrogen and oxygen atoms in total. The van der Waals surface area contributed by atoms with E-state index in [1.165, 1.54) is 52.5 Å².